The summed E-state index contributed by atoms with van der Waals surface area (Å²) in [6, 6.07) is 3.18. The number of halogens is 1. The van der Waals surface area contributed by atoms with Gasteiger partial charge < -0.3 is 4.74 Å². The van der Waals surface area contributed by atoms with Crippen molar-refractivity contribution in [1.29, 1.82) is 0 Å². The van der Waals surface area contributed by atoms with Gasteiger partial charge in [-0.15, -0.1) is 0 Å². The van der Waals surface area contributed by atoms with Crippen LogP contribution in [-0.4, -0.2) is 17.6 Å². The fourth-order valence-electron chi connectivity index (χ4n) is 0.916. The van der Waals surface area contributed by atoms with E-state index in [0.717, 1.165) is 6.42 Å². The van der Waals surface area contributed by atoms with Crippen LogP contribution in [0.5, 0.6) is 0 Å². The molecular weight excluding hydrogens is 214 g/mol. The van der Waals surface area contributed by atoms with Gasteiger partial charge in [0.15, 0.2) is 0 Å². The zero-order valence-corrected chi connectivity index (χ0v) is 9.62. The molecule has 1 unspecified atom stereocenters. The molecule has 1 aromatic heterocycles. The summed E-state index contributed by atoms with van der Waals surface area (Å²) >= 11 is 5.60. The van der Waals surface area contributed by atoms with Gasteiger partial charge in [0, 0.05) is 6.20 Å². The van der Waals surface area contributed by atoms with Crippen LogP contribution >= 0.6 is 11.6 Å². The maximum atomic E-state index is 11.5. The fraction of sp³-hybridized carbons (Fsp3) is 0.455. The lowest BCUT2D eigenvalue weighted by Gasteiger charge is -2.09. The number of nitrogens with zero attached hydrogens (tertiary/aromatic N) is 1. The molecule has 0 saturated heterocycles. The summed E-state index contributed by atoms with van der Waals surface area (Å²) in [6.07, 6.45) is 2.41. The zero-order chi connectivity index (χ0) is 11.3. The van der Waals surface area contributed by atoms with Gasteiger partial charge in [-0.25, -0.2) is 9.78 Å². The molecule has 0 N–H and O–H groups in total. The van der Waals surface area contributed by atoms with Crippen molar-refractivity contribution in [2.24, 2.45) is 5.92 Å². The van der Waals surface area contributed by atoms with Crippen LogP contribution in [-0.2, 0) is 4.74 Å². The SMILES string of the molecule is CCC(C)COC(=O)c1ccc(Cl)nc1. The Bertz CT molecular complexity index is 324. The van der Waals surface area contributed by atoms with Crippen LogP contribution in [0.4, 0.5) is 0 Å². The highest BCUT2D eigenvalue weighted by Gasteiger charge is 2.09. The van der Waals surface area contributed by atoms with Gasteiger partial charge in [-0.05, 0) is 18.1 Å². The van der Waals surface area contributed by atoms with Crippen LogP contribution in [0.15, 0.2) is 18.3 Å². The smallest absolute Gasteiger partial charge is 0.339 e. The molecule has 4 heteroatoms. The number of pyridine rings is 1. The standard InChI is InChI=1S/C11H14ClNO2/c1-3-8(2)7-15-11(14)9-4-5-10(12)13-6-9/h4-6,8H,3,7H2,1-2H3. The van der Waals surface area contributed by atoms with E-state index in [1.807, 2.05) is 6.92 Å². The summed E-state index contributed by atoms with van der Waals surface area (Å²) in [5.74, 6) is 0.0358. The minimum Gasteiger partial charge on any atom is -0.462 e. The molecule has 0 aliphatic heterocycles. The summed E-state index contributed by atoms with van der Waals surface area (Å²) in [5.41, 5.74) is 0.433. The van der Waals surface area contributed by atoms with Crippen LogP contribution in [0.3, 0.4) is 0 Å². The van der Waals surface area contributed by atoms with Crippen molar-refractivity contribution < 1.29 is 9.53 Å². The van der Waals surface area contributed by atoms with Crippen molar-refractivity contribution in [3.63, 3.8) is 0 Å². The Morgan fingerprint density at radius 3 is 2.87 bits per heavy atom. The van der Waals surface area contributed by atoms with Gasteiger partial charge in [-0.3, -0.25) is 0 Å². The van der Waals surface area contributed by atoms with Crippen LogP contribution < -0.4 is 0 Å². The quantitative estimate of drug-likeness (QED) is 0.587. The molecule has 0 saturated carbocycles. The molecule has 0 bridgehead atoms. The first-order valence-corrected chi connectivity index (χ1v) is 5.30. The predicted molar refractivity (Wildman–Crippen MR) is 59.0 cm³/mol. The van der Waals surface area contributed by atoms with E-state index < -0.39 is 0 Å². The summed E-state index contributed by atoms with van der Waals surface area (Å²) < 4.78 is 5.10. The van der Waals surface area contributed by atoms with Gasteiger partial charge in [0.1, 0.15) is 5.15 Å². The average molecular weight is 228 g/mol. The summed E-state index contributed by atoms with van der Waals surface area (Å²) in [6.45, 7) is 4.54. The van der Waals surface area contributed by atoms with E-state index in [0.29, 0.717) is 23.2 Å². The third kappa shape index (κ3) is 3.88. The Morgan fingerprint density at radius 2 is 2.33 bits per heavy atom. The first kappa shape index (κ1) is 12.0. The van der Waals surface area contributed by atoms with Crippen LogP contribution in [0.2, 0.25) is 5.15 Å². The number of esters is 1. The van der Waals surface area contributed by atoms with Crippen LogP contribution in [0, 0.1) is 5.92 Å². The number of rotatable bonds is 4. The van der Waals surface area contributed by atoms with E-state index in [9.17, 15) is 4.79 Å². The number of carbonyl (C=O) groups excluding carboxylic acids is 1. The molecule has 82 valence electrons. The molecule has 0 fully saturated rings. The molecule has 0 aliphatic rings. The number of aromatic nitrogens is 1. The summed E-state index contributed by atoms with van der Waals surface area (Å²) in [4.78, 5) is 15.3. The topological polar surface area (TPSA) is 39.2 Å². The highest BCUT2D eigenvalue weighted by molar-refractivity contribution is 6.29. The van der Waals surface area contributed by atoms with Crippen molar-refractivity contribution in [2.45, 2.75) is 20.3 Å². The number of carbonyl (C=O) groups is 1. The first-order chi connectivity index (χ1) is 7.13. The van der Waals surface area contributed by atoms with Crippen molar-refractivity contribution in [3.8, 4) is 0 Å². The lowest BCUT2D eigenvalue weighted by molar-refractivity contribution is 0.0446. The van der Waals surface area contributed by atoms with Gasteiger partial charge in [-0.2, -0.15) is 0 Å². The molecule has 0 radical (unpaired) electrons. The Kier molecular flexibility index (Phi) is 4.56. The first-order valence-electron chi connectivity index (χ1n) is 4.92. The van der Waals surface area contributed by atoms with Crippen molar-refractivity contribution in [1.82, 2.24) is 4.98 Å². The maximum Gasteiger partial charge on any atom is 0.339 e. The zero-order valence-electron chi connectivity index (χ0n) is 8.87. The van der Waals surface area contributed by atoms with Gasteiger partial charge in [0.25, 0.3) is 0 Å². The molecule has 0 aromatic carbocycles. The third-order valence-electron chi connectivity index (χ3n) is 2.16. The normalized spacial score (nSPS) is 12.2. The molecular formula is C11H14ClNO2. The molecule has 0 aliphatic carbocycles. The van der Waals surface area contributed by atoms with Gasteiger partial charge >= 0.3 is 5.97 Å². The lowest BCUT2D eigenvalue weighted by Crippen LogP contribution is -2.11. The van der Waals surface area contributed by atoms with Crippen molar-refractivity contribution in [2.75, 3.05) is 6.61 Å². The largest absolute Gasteiger partial charge is 0.462 e. The molecule has 1 aromatic rings. The molecule has 3 nitrogen and oxygen atoms in total. The van der Waals surface area contributed by atoms with E-state index in [2.05, 4.69) is 11.9 Å². The molecule has 1 rings (SSSR count). The molecule has 1 heterocycles. The Labute approximate surface area is 94.4 Å². The second-order valence-electron chi connectivity index (χ2n) is 3.48. The number of hydrogen-bond donors (Lipinski definition) is 0. The monoisotopic (exact) mass is 227 g/mol. The molecule has 0 amide bonds. The Balaban J connectivity index is 2.50. The lowest BCUT2D eigenvalue weighted by atomic mass is 10.1. The van der Waals surface area contributed by atoms with Gasteiger partial charge in [0.2, 0.25) is 0 Å². The van der Waals surface area contributed by atoms with Crippen molar-refractivity contribution >= 4 is 17.6 Å². The molecule has 1 atom stereocenters. The maximum absolute atomic E-state index is 11.5. The van der Waals surface area contributed by atoms with E-state index in [1.165, 1.54) is 6.20 Å². The van der Waals surface area contributed by atoms with Gasteiger partial charge in [-0.1, -0.05) is 31.9 Å². The third-order valence-corrected chi connectivity index (χ3v) is 2.38. The average Bonchev–Trinajstić information content (AvgIpc) is 2.26. The Morgan fingerprint density at radius 1 is 1.60 bits per heavy atom. The highest BCUT2D eigenvalue weighted by Crippen LogP contribution is 2.08. The van der Waals surface area contributed by atoms with E-state index in [1.54, 1.807) is 12.1 Å². The number of ether oxygens (including phenoxy) is 1. The minimum absolute atomic E-state index is 0.348. The molecule has 15 heavy (non-hydrogen) atoms. The van der Waals surface area contributed by atoms with Crippen molar-refractivity contribution in [3.05, 3.63) is 29.0 Å². The number of hydrogen-bond acceptors (Lipinski definition) is 3. The van der Waals surface area contributed by atoms with Gasteiger partial charge in [0.05, 0.1) is 12.2 Å². The fourth-order valence-corrected chi connectivity index (χ4v) is 1.03. The second kappa shape index (κ2) is 5.71. The van der Waals surface area contributed by atoms with E-state index >= 15 is 0 Å². The summed E-state index contributed by atoms with van der Waals surface area (Å²) in [5, 5.41) is 0.369. The predicted octanol–water partition coefficient (Wildman–Crippen LogP) is 2.94. The molecule has 0 spiro atoms. The van der Waals surface area contributed by atoms with Crippen LogP contribution in [0.1, 0.15) is 30.6 Å². The summed E-state index contributed by atoms with van der Waals surface area (Å²) in [7, 11) is 0. The highest BCUT2D eigenvalue weighted by atomic mass is 35.5. The minimum atomic E-state index is -0.348. The van der Waals surface area contributed by atoms with Crippen LogP contribution in [0.25, 0.3) is 0 Å². The second-order valence-corrected chi connectivity index (χ2v) is 3.87. The van der Waals surface area contributed by atoms with E-state index in [4.69, 9.17) is 16.3 Å². The van der Waals surface area contributed by atoms with E-state index in [-0.39, 0.29) is 5.97 Å². The Hall–Kier alpha value is -1.09.